The lowest BCUT2D eigenvalue weighted by Gasteiger charge is -2.34. The molecule has 7 nitrogen and oxygen atoms in total. The molecule has 0 aliphatic carbocycles. The van der Waals surface area contributed by atoms with Gasteiger partial charge < -0.3 is 20.9 Å². The number of nitrogens with two attached hydrogens (primary N) is 1. The lowest BCUT2D eigenvalue weighted by molar-refractivity contribution is 0.0671. The van der Waals surface area contributed by atoms with E-state index in [9.17, 15) is 18.8 Å². The second-order valence-corrected chi connectivity index (χ2v) is 6.16. The second-order valence-electron chi connectivity index (χ2n) is 6.16. The maximum absolute atomic E-state index is 13.3. The number of carbonyl (C=O) groups is 3. The molecule has 1 heterocycles. The third-order valence-electron chi connectivity index (χ3n) is 4.35. The number of urea groups is 1. The first-order valence-corrected chi connectivity index (χ1v) is 8.44. The SMILES string of the molecule is NC(=O)c1ccc(NC(=O)N2CCN(C(=O)c3cccc(F)c3)CC2)cc1. The van der Waals surface area contributed by atoms with E-state index >= 15 is 0 Å². The van der Waals surface area contributed by atoms with Crippen molar-refractivity contribution in [2.45, 2.75) is 0 Å². The molecule has 2 aromatic carbocycles. The van der Waals surface area contributed by atoms with E-state index in [0.29, 0.717) is 43.0 Å². The molecule has 0 bridgehead atoms. The molecule has 1 fully saturated rings. The van der Waals surface area contributed by atoms with Gasteiger partial charge >= 0.3 is 6.03 Å². The number of nitrogens with one attached hydrogen (secondary N) is 1. The molecular formula is C19H19FN4O3. The van der Waals surface area contributed by atoms with Crippen molar-refractivity contribution >= 4 is 23.5 Å². The van der Waals surface area contributed by atoms with Gasteiger partial charge in [0.15, 0.2) is 0 Å². The third kappa shape index (κ3) is 4.41. The first-order chi connectivity index (χ1) is 12.9. The van der Waals surface area contributed by atoms with Crippen molar-refractivity contribution in [2.24, 2.45) is 5.73 Å². The number of carbonyl (C=O) groups excluding carboxylic acids is 3. The Morgan fingerprint density at radius 2 is 1.52 bits per heavy atom. The molecule has 3 N–H and O–H groups in total. The van der Waals surface area contributed by atoms with Gasteiger partial charge in [-0.15, -0.1) is 0 Å². The van der Waals surface area contributed by atoms with E-state index in [1.807, 2.05) is 0 Å². The van der Waals surface area contributed by atoms with Crippen LogP contribution in [0.15, 0.2) is 48.5 Å². The van der Waals surface area contributed by atoms with Crippen LogP contribution in [0.1, 0.15) is 20.7 Å². The standard InChI is InChI=1S/C19H19FN4O3/c20-15-3-1-2-14(12-15)18(26)23-8-10-24(11-9-23)19(27)22-16-6-4-13(5-7-16)17(21)25/h1-7,12H,8-11H2,(H2,21,25)(H,22,27). The predicted octanol–water partition coefficient (Wildman–Crippen LogP) is 1.91. The Morgan fingerprint density at radius 3 is 2.11 bits per heavy atom. The molecule has 27 heavy (non-hydrogen) atoms. The van der Waals surface area contributed by atoms with Crippen molar-refractivity contribution < 1.29 is 18.8 Å². The van der Waals surface area contributed by atoms with E-state index in [2.05, 4.69) is 5.32 Å². The van der Waals surface area contributed by atoms with Gasteiger partial charge in [0.05, 0.1) is 0 Å². The summed E-state index contributed by atoms with van der Waals surface area (Å²) in [6.07, 6.45) is 0. The molecule has 0 spiro atoms. The highest BCUT2D eigenvalue weighted by Gasteiger charge is 2.25. The van der Waals surface area contributed by atoms with E-state index in [4.69, 9.17) is 5.73 Å². The molecule has 0 radical (unpaired) electrons. The number of benzene rings is 2. The molecule has 0 unspecified atom stereocenters. The third-order valence-corrected chi connectivity index (χ3v) is 4.35. The summed E-state index contributed by atoms with van der Waals surface area (Å²) >= 11 is 0. The largest absolute Gasteiger partial charge is 0.366 e. The Bertz CT molecular complexity index is 862. The number of hydrogen-bond acceptors (Lipinski definition) is 3. The Kier molecular flexibility index (Phi) is 5.35. The molecule has 0 atom stereocenters. The Morgan fingerprint density at radius 1 is 0.889 bits per heavy atom. The fraction of sp³-hybridized carbons (Fsp3) is 0.211. The Balaban J connectivity index is 1.54. The van der Waals surface area contributed by atoms with Crippen molar-refractivity contribution in [3.8, 4) is 0 Å². The lowest BCUT2D eigenvalue weighted by Crippen LogP contribution is -2.51. The van der Waals surface area contributed by atoms with Gasteiger partial charge in [-0.2, -0.15) is 0 Å². The normalized spacial score (nSPS) is 14.0. The fourth-order valence-electron chi connectivity index (χ4n) is 2.84. The minimum Gasteiger partial charge on any atom is -0.366 e. The number of nitrogens with zero attached hydrogens (tertiary/aromatic N) is 2. The van der Waals surface area contributed by atoms with Crippen LogP contribution in [0.3, 0.4) is 0 Å². The molecular weight excluding hydrogens is 351 g/mol. The first kappa shape index (κ1) is 18.4. The van der Waals surface area contributed by atoms with Crippen molar-refractivity contribution in [3.05, 3.63) is 65.5 Å². The van der Waals surface area contributed by atoms with Gasteiger partial charge in [-0.25, -0.2) is 9.18 Å². The lowest BCUT2D eigenvalue weighted by atomic mass is 10.1. The number of halogens is 1. The number of primary amides is 1. The smallest absolute Gasteiger partial charge is 0.321 e. The van der Waals surface area contributed by atoms with Crippen LogP contribution in [0.5, 0.6) is 0 Å². The molecule has 0 saturated carbocycles. The first-order valence-electron chi connectivity index (χ1n) is 8.44. The zero-order valence-corrected chi connectivity index (χ0v) is 14.5. The van der Waals surface area contributed by atoms with Crippen LogP contribution in [-0.4, -0.2) is 53.8 Å². The summed E-state index contributed by atoms with van der Waals surface area (Å²) in [6.45, 7) is 1.46. The van der Waals surface area contributed by atoms with Gasteiger partial charge in [-0.1, -0.05) is 6.07 Å². The summed E-state index contributed by atoms with van der Waals surface area (Å²) in [6, 6.07) is 11.5. The molecule has 1 aliphatic rings. The summed E-state index contributed by atoms with van der Waals surface area (Å²) in [7, 11) is 0. The van der Waals surface area contributed by atoms with Crippen LogP contribution in [0.25, 0.3) is 0 Å². The van der Waals surface area contributed by atoms with Crippen LogP contribution in [0.2, 0.25) is 0 Å². The van der Waals surface area contributed by atoms with Crippen molar-refractivity contribution in [3.63, 3.8) is 0 Å². The Labute approximate surface area is 155 Å². The van der Waals surface area contributed by atoms with E-state index in [1.165, 1.54) is 30.3 Å². The van der Waals surface area contributed by atoms with Crippen molar-refractivity contribution in [1.29, 1.82) is 0 Å². The molecule has 8 heteroatoms. The predicted molar refractivity (Wildman–Crippen MR) is 97.9 cm³/mol. The van der Waals surface area contributed by atoms with E-state index in [1.54, 1.807) is 28.0 Å². The quantitative estimate of drug-likeness (QED) is 0.864. The van der Waals surface area contributed by atoms with Gasteiger partial charge in [-0.3, -0.25) is 9.59 Å². The average molecular weight is 370 g/mol. The number of piperazine rings is 1. The topological polar surface area (TPSA) is 95.7 Å². The minimum atomic E-state index is -0.535. The molecule has 0 aromatic heterocycles. The zero-order chi connectivity index (χ0) is 19.4. The second kappa shape index (κ2) is 7.86. The average Bonchev–Trinajstić information content (AvgIpc) is 2.68. The van der Waals surface area contributed by atoms with Gasteiger partial charge in [0, 0.05) is 43.0 Å². The molecule has 3 rings (SSSR count). The summed E-state index contributed by atoms with van der Waals surface area (Å²) in [4.78, 5) is 39.0. The zero-order valence-electron chi connectivity index (χ0n) is 14.5. The van der Waals surface area contributed by atoms with Crippen LogP contribution in [0, 0.1) is 5.82 Å². The van der Waals surface area contributed by atoms with Crippen LogP contribution < -0.4 is 11.1 Å². The maximum atomic E-state index is 13.3. The van der Waals surface area contributed by atoms with E-state index in [-0.39, 0.29) is 11.9 Å². The van der Waals surface area contributed by atoms with E-state index < -0.39 is 11.7 Å². The highest BCUT2D eigenvalue weighted by Crippen LogP contribution is 2.13. The number of anilines is 1. The van der Waals surface area contributed by atoms with Crippen molar-refractivity contribution in [1.82, 2.24) is 9.80 Å². The number of amides is 4. The summed E-state index contributed by atoms with van der Waals surface area (Å²) in [5.41, 5.74) is 6.38. The molecule has 140 valence electrons. The maximum Gasteiger partial charge on any atom is 0.321 e. The number of hydrogen-bond donors (Lipinski definition) is 2. The highest BCUT2D eigenvalue weighted by molar-refractivity contribution is 5.95. The van der Waals surface area contributed by atoms with Gasteiger partial charge in [0.25, 0.3) is 5.91 Å². The molecule has 1 saturated heterocycles. The van der Waals surface area contributed by atoms with Crippen molar-refractivity contribution in [2.75, 3.05) is 31.5 Å². The summed E-state index contributed by atoms with van der Waals surface area (Å²) < 4.78 is 13.3. The summed E-state index contributed by atoms with van der Waals surface area (Å²) in [5, 5.41) is 2.74. The van der Waals surface area contributed by atoms with Gasteiger partial charge in [-0.05, 0) is 42.5 Å². The van der Waals surface area contributed by atoms with Gasteiger partial charge in [0.1, 0.15) is 5.82 Å². The molecule has 1 aliphatic heterocycles. The summed E-state index contributed by atoms with van der Waals surface area (Å²) in [5.74, 6) is -1.25. The van der Waals surface area contributed by atoms with E-state index in [0.717, 1.165) is 0 Å². The van der Waals surface area contributed by atoms with Crippen LogP contribution in [-0.2, 0) is 0 Å². The number of rotatable bonds is 3. The van der Waals surface area contributed by atoms with Crippen LogP contribution in [0.4, 0.5) is 14.9 Å². The fourth-order valence-corrected chi connectivity index (χ4v) is 2.84. The minimum absolute atomic E-state index is 0.253. The Hall–Kier alpha value is -3.42. The van der Waals surface area contributed by atoms with Crippen LogP contribution >= 0.6 is 0 Å². The molecule has 2 aromatic rings. The highest BCUT2D eigenvalue weighted by atomic mass is 19.1. The monoisotopic (exact) mass is 370 g/mol. The molecule has 4 amide bonds. The van der Waals surface area contributed by atoms with Gasteiger partial charge in [0.2, 0.25) is 5.91 Å².